The Morgan fingerprint density at radius 3 is 2.33 bits per heavy atom. The lowest BCUT2D eigenvalue weighted by atomic mass is 9.99. The Labute approximate surface area is 123 Å². The number of benzene rings is 1. The van der Waals surface area contributed by atoms with Crippen molar-refractivity contribution >= 4 is 11.9 Å². The molecule has 0 aromatic heterocycles. The van der Waals surface area contributed by atoms with Crippen LogP contribution in [0.25, 0.3) is 0 Å². The van der Waals surface area contributed by atoms with Crippen LogP contribution in [0.2, 0.25) is 0 Å². The molecule has 6 nitrogen and oxygen atoms in total. The second kappa shape index (κ2) is 5.63. The summed E-state index contributed by atoms with van der Waals surface area (Å²) in [5.41, 5.74) is -0.716. The van der Waals surface area contributed by atoms with Crippen LogP contribution in [0.5, 0.6) is 11.5 Å². The number of hydrogen-bond acceptors (Lipinski definition) is 5. The van der Waals surface area contributed by atoms with Crippen molar-refractivity contribution in [3.63, 3.8) is 0 Å². The van der Waals surface area contributed by atoms with E-state index in [4.69, 9.17) is 14.2 Å². The summed E-state index contributed by atoms with van der Waals surface area (Å²) in [5.74, 6) is 0.0881. The van der Waals surface area contributed by atoms with Crippen LogP contribution >= 0.6 is 0 Å². The molecule has 1 heterocycles. The molecule has 0 aliphatic carbocycles. The number of morpholine rings is 1. The zero-order valence-electron chi connectivity index (χ0n) is 12.6. The number of amides is 1. The molecule has 0 atom stereocenters. The third kappa shape index (κ3) is 2.53. The topological polar surface area (TPSA) is 65.1 Å². The fourth-order valence-electron chi connectivity index (χ4n) is 2.35. The molecule has 21 heavy (non-hydrogen) atoms. The largest absolute Gasteiger partial charge is 0.496 e. The number of esters is 1. The zero-order valence-corrected chi connectivity index (χ0v) is 12.6. The molecule has 0 saturated carbocycles. The van der Waals surface area contributed by atoms with Crippen LogP contribution in [0.1, 0.15) is 24.2 Å². The summed E-state index contributed by atoms with van der Waals surface area (Å²) in [7, 11) is 2.97. The second-order valence-corrected chi connectivity index (χ2v) is 5.19. The van der Waals surface area contributed by atoms with E-state index in [0.29, 0.717) is 23.6 Å². The van der Waals surface area contributed by atoms with Gasteiger partial charge in [0.1, 0.15) is 29.2 Å². The van der Waals surface area contributed by atoms with Crippen LogP contribution < -0.4 is 9.47 Å². The summed E-state index contributed by atoms with van der Waals surface area (Å²) < 4.78 is 15.5. The van der Waals surface area contributed by atoms with Gasteiger partial charge in [-0.05, 0) is 26.0 Å². The highest BCUT2D eigenvalue weighted by Crippen LogP contribution is 2.32. The molecular formula is C15H19NO5. The predicted molar refractivity (Wildman–Crippen MR) is 75.6 cm³/mol. The van der Waals surface area contributed by atoms with Gasteiger partial charge in [-0.3, -0.25) is 4.79 Å². The number of ether oxygens (including phenoxy) is 3. The van der Waals surface area contributed by atoms with Crippen LogP contribution in [0.3, 0.4) is 0 Å². The minimum absolute atomic E-state index is 0.186. The van der Waals surface area contributed by atoms with Gasteiger partial charge in [0.25, 0.3) is 5.91 Å². The van der Waals surface area contributed by atoms with Crippen molar-refractivity contribution in [3.05, 3.63) is 23.8 Å². The number of carbonyl (C=O) groups excluding carboxylic acids is 2. The lowest BCUT2D eigenvalue weighted by Gasteiger charge is -2.40. The third-order valence-corrected chi connectivity index (χ3v) is 3.61. The molecule has 0 radical (unpaired) electrons. The van der Waals surface area contributed by atoms with Gasteiger partial charge in [-0.15, -0.1) is 0 Å². The number of hydrogen-bond donors (Lipinski definition) is 0. The van der Waals surface area contributed by atoms with Crippen LogP contribution in [0.4, 0.5) is 0 Å². The fourth-order valence-corrected chi connectivity index (χ4v) is 2.35. The van der Waals surface area contributed by atoms with Gasteiger partial charge in [0, 0.05) is 0 Å². The van der Waals surface area contributed by atoms with E-state index in [9.17, 15) is 9.59 Å². The molecule has 1 aromatic rings. The maximum Gasteiger partial charge on any atom is 0.331 e. The van der Waals surface area contributed by atoms with E-state index >= 15 is 0 Å². The van der Waals surface area contributed by atoms with E-state index in [0.717, 1.165) is 0 Å². The fraction of sp³-hybridized carbons (Fsp3) is 0.467. The van der Waals surface area contributed by atoms with Crippen LogP contribution in [0, 0.1) is 0 Å². The lowest BCUT2D eigenvalue weighted by molar-refractivity contribution is -0.162. The van der Waals surface area contributed by atoms with Crippen LogP contribution in [0.15, 0.2) is 18.2 Å². The first-order chi connectivity index (χ1) is 9.93. The van der Waals surface area contributed by atoms with Crippen molar-refractivity contribution in [1.82, 2.24) is 4.90 Å². The van der Waals surface area contributed by atoms with Gasteiger partial charge < -0.3 is 19.1 Å². The molecule has 114 valence electrons. The maximum atomic E-state index is 12.9. The van der Waals surface area contributed by atoms with Gasteiger partial charge in [0.2, 0.25) is 0 Å². The highest BCUT2D eigenvalue weighted by atomic mass is 16.5. The summed E-state index contributed by atoms with van der Waals surface area (Å²) in [6.07, 6.45) is 0. The molecule has 0 bridgehead atoms. The molecule has 0 N–H and O–H groups in total. The van der Waals surface area contributed by atoms with E-state index < -0.39 is 11.5 Å². The van der Waals surface area contributed by atoms with Crippen LogP contribution in [-0.2, 0) is 9.53 Å². The molecule has 1 amide bonds. The van der Waals surface area contributed by atoms with Gasteiger partial charge in [0.15, 0.2) is 0 Å². The Kier molecular flexibility index (Phi) is 4.06. The standard InChI is InChI=1S/C15H19NO5/c1-15(2)14(18)21-9-8-16(15)13(17)12-10(19-3)6-5-7-11(12)20-4/h5-7H,8-9H2,1-4H3. The Balaban J connectivity index is 2.47. The molecule has 0 unspecified atom stereocenters. The van der Waals surface area contributed by atoms with Crippen molar-refractivity contribution in [3.8, 4) is 11.5 Å². The van der Waals surface area contributed by atoms with E-state index in [1.54, 1.807) is 32.0 Å². The molecule has 1 saturated heterocycles. The first kappa shape index (κ1) is 15.2. The average molecular weight is 293 g/mol. The first-order valence-corrected chi connectivity index (χ1v) is 6.63. The lowest BCUT2D eigenvalue weighted by Crippen LogP contribution is -2.58. The number of methoxy groups -OCH3 is 2. The van der Waals surface area contributed by atoms with Gasteiger partial charge >= 0.3 is 5.97 Å². The zero-order chi connectivity index (χ0) is 15.6. The van der Waals surface area contributed by atoms with Gasteiger partial charge in [-0.25, -0.2) is 4.79 Å². The maximum absolute atomic E-state index is 12.9. The molecule has 1 aliphatic rings. The first-order valence-electron chi connectivity index (χ1n) is 6.63. The molecule has 1 fully saturated rings. The molecular weight excluding hydrogens is 274 g/mol. The summed E-state index contributed by atoms with van der Waals surface area (Å²) >= 11 is 0. The Bertz CT molecular complexity index is 545. The van der Waals surface area contributed by atoms with Crippen molar-refractivity contribution in [2.75, 3.05) is 27.4 Å². The average Bonchev–Trinajstić information content (AvgIpc) is 2.48. The summed E-state index contributed by atoms with van der Waals surface area (Å²) in [6, 6.07) is 5.11. The number of cyclic esters (lactones) is 1. The summed E-state index contributed by atoms with van der Waals surface area (Å²) in [4.78, 5) is 26.3. The minimum Gasteiger partial charge on any atom is -0.496 e. The van der Waals surface area contributed by atoms with E-state index in [-0.39, 0.29) is 12.5 Å². The Morgan fingerprint density at radius 2 is 1.81 bits per heavy atom. The third-order valence-electron chi connectivity index (χ3n) is 3.61. The smallest absolute Gasteiger partial charge is 0.331 e. The molecule has 0 spiro atoms. The van der Waals surface area contributed by atoms with E-state index in [1.165, 1.54) is 19.1 Å². The van der Waals surface area contributed by atoms with Crippen molar-refractivity contribution < 1.29 is 23.8 Å². The Hall–Kier alpha value is -2.24. The van der Waals surface area contributed by atoms with E-state index in [2.05, 4.69) is 0 Å². The van der Waals surface area contributed by atoms with E-state index in [1.807, 2.05) is 0 Å². The van der Waals surface area contributed by atoms with Gasteiger partial charge in [-0.1, -0.05) is 6.07 Å². The molecule has 1 aliphatic heterocycles. The van der Waals surface area contributed by atoms with Crippen molar-refractivity contribution in [2.45, 2.75) is 19.4 Å². The minimum atomic E-state index is -1.03. The Morgan fingerprint density at radius 1 is 1.24 bits per heavy atom. The predicted octanol–water partition coefficient (Wildman–Crippen LogP) is 1.48. The monoisotopic (exact) mass is 293 g/mol. The van der Waals surface area contributed by atoms with Crippen molar-refractivity contribution in [2.24, 2.45) is 0 Å². The number of carbonyl (C=O) groups is 2. The van der Waals surface area contributed by atoms with Gasteiger partial charge in [-0.2, -0.15) is 0 Å². The summed E-state index contributed by atoms with van der Waals surface area (Å²) in [6.45, 7) is 3.84. The second-order valence-electron chi connectivity index (χ2n) is 5.19. The molecule has 6 heteroatoms. The van der Waals surface area contributed by atoms with Gasteiger partial charge in [0.05, 0.1) is 20.8 Å². The normalized spacial score (nSPS) is 17.1. The number of nitrogens with zero attached hydrogens (tertiary/aromatic N) is 1. The number of rotatable bonds is 3. The molecule has 1 aromatic carbocycles. The SMILES string of the molecule is COc1cccc(OC)c1C(=O)N1CCOC(=O)C1(C)C. The summed E-state index contributed by atoms with van der Waals surface area (Å²) in [5, 5.41) is 0. The van der Waals surface area contributed by atoms with Crippen molar-refractivity contribution in [1.29, 1.82) is 0 Å². The van der Waals surface area contributed by atoms with Crippen LogP contribution in [-0.4, -0.2) is 49.7 Å². The highest BCUT2D eigenvalue weighted by Gasteiger charge is 2.43. The highest BCUT2D eigenvalue weighted by molar-refractivity contribution is 6.02. The quantitative estimate of drug-likeness (QED) is 0.790. The molecule has 2 rings (SSSR count).